The number of aryl methyl sites for hydroxylation is 2. The SMILES string of the molecule is Cc1cc2nc(-c3cscn3)n(CC(=O)O)c2cc1C. The van der Waals surface area contributed by atoms with Crippen LogP contribution in [0.2, 0.25) is 0 Å². The van der Waals surface area contributed by atoms with Gasteiger partial charge in [0.1, 0.15) is 12.2 Å². The topological polar surface area (TPSA) is 68.0 Å². The third kappa shape index (κ3) is 2.08. The van der Waals surface area contributed by atoms with E-state index in [9.17, 15) is 4.79 Å². The molecule has 0 atom stereocenters. The van der Waals surface area contributed by atoms with Gasteiger partial charge >= 0.3 is 5.97 Å². The van der Waals surface area contributed by atoms with E-state index in [2.05, 4.69) is 9.97 Å². The summed E-state index contributed by atoms with van der Waals surface area (Å²) in [4.78, 5) is 19.9. The predicted molar refractivity (Wildman–Crippen MR) is 78.0 cm³/mol. The summed E-state index contributed by atoms with van der Waals surface area (Å²) < 4.78 is 1.71. The molecule has 3 rings (SSSR count). The van der Waals surface area contributed by atoms with Crippen molar-refractivity contribution in [2.45, 2.75) is 20.4 Å². The molecule has 0 fully saturated rings. The van der Waals surface area contributed by atoms with Gasteiger partial charge < -0.3 is 9.67 Å². The number of aromatic nitrogens is 3. The van der Waals surface area contributed by atoms with Crippen LogP contribution in [0.5, 0.6) is 0 Å². The number of thiazole rings is 1. The molecule has 0 aliphatic carbocycles. The Hall–Kier alpha value is -2.21. The molecular formula is C14H13N3O2S. The number of nitrogens with zero attached hydrogens (tertiary/aromatic N) is 3. The van der Waals surface area contributed by atoms with E-state index in [0.717, 1.165) is 22.2 Å². The van der Waals surface area contributed by atoms with Crippen molar-refractivity contribution in [3.8, 4) is 11.5 Å². The molecular weight excluding hydrogens is 274 g/mol. The molecule has 0 aliphatic rings. The van der Waals surface area contributed by atoms with Gasteiger partial charge in [-0.2, -0.15) is 0 Å². The van der Waals surface area contributed by atoms with Gasteiger partial charge in [0.25, 0.3) is 0 Å². The molecule has 0 amide bonds. The van der Waals surface area contributed by atoms with Gasteiger partial charge in [-0.1, -0.05) is 0 Å². The lowest BCUT2D eigenvalue weighted by atomic mass is 10.1. The Morgan fingerprint density at radius 1 is 1.35 bits per heavy atom. The zero-order valence-electron chi connectivity index (χ0n) is 11.1. The first kappa shape index (κ1) is 12.8. The van der Waals surface area contributed by atoms with Crippen LogP contribution in [0.1, 0.15) is 11.1 Å². The van der Waals surface area contributed by atoms with Crippen LogP contribution in [-0.4, -0.2) is 25.6 Å². The number of carboxylic acids is 1. The molecule has 0 saturated heterocycles. The fourth-order valence-corrected chi connectivity index (χ4v) is 2.72. The van der Waals surface area contributed by atoms with Gasteiger partial charge in [0, 0.05) is 5.38 Å². The highest BCUT2D eigenvalue weighted by Gasteiger charge is 2.16. The molecule has 0 aliphatic heterocycles. The quantitative estimate of drug-likeness (QED) is 0.804. The van der Waals surface area contributed by atoms with Gasteiger partial charge in [0.05, 0.1) is 16.5 Å². The standard InChI is InChI=1S/C14H13N3O2S/c1-8-3-10-12(4-9(8)2)17(5-13(18)19)14(16-10)11-6-20-7-15-11/h3-4,6-7H,5H2,1-2H3,(H,18,19). The first-order valence-electron chi connectivity index (χ1n) is 6.14. The minimum atomic E-state index is -0.890. The maximum Gasteiger partial charge on any atom is 0.323 e. The summed E-state index contributed by atoms with van der Waals surface area (Å²) in [6, 6.07) is 3.97. The molecule has 0 radical (unpaired) electrons. The van der Waals surface area contributed by atoms with E-state index < -0.39 is 5.97 Å². The van der Waals surface area contributed by atoms with Crippen LogP contribution in [0.25, 0.3) is 22.6 Å². The molecule has 0 unspecified atom stereocenters. The van der Waals surface area contributed by atoms with Crippen molar-refractivity contribution >= 4 is 28.3 Å². The number of hydrogen-bond acceptors (Lipinski definition) is 4. The largest absolute Gasteiger partial charge is 0.480 e. The van der Waals surface area contributed by atoms with Crippen molar-refractivity contribution in [2.24, 2.45) is 0 Å². The summed E-state index contributed by atoms with van der Waals surface area (Å²) in [5.74, 6) is -0.285. The van der Waals surface area contributed by atoms with Crippen molar-refractivity contribution in [1.82, 2.24) is 14.5 Å². The summed E-state index contributed by atoms with van der Waals surface area (Å²) in [7, 11) is 0. The summed E-state index contributed by atoms with van der Waals surface area (Å²) in [5.41, 5.74) is 6.32. The summed E-state index contributed by atoms with van der Waals surface area (Å²) in [6.07, 6.45) is 0. The molecule has 0 bridgehead atoms. The molecule has 1 N–H and O–H groups in total. The number of imidazole rings is 1. The minimum absolute atomic E-state index is 0.119. The van der Waals surface area contributed by atoms with Crippen LogP contribution in [0.3, 0.4) is 0 Å². The van der Waals surface area contributed by atoms with Crippen LogP contribution >= 0.6 is 11.3 Å². The number of hydrogen-bond donors (Lipinski definition) is 1. The highest BCUT2D eigenvalue weighted by atomic mass is 32.1. The van der Waals surface area contributed by atoms with Crippen molar-refractivity contribution in [2.75, 3.05) is 0 Å². The smallest absolute Gasteiger partial charge is 0.323 e. The van der Waals surface area contributed by atoms with E-state index in [1.807, 2.05) is 31.4 Å². The second-order valence-electron chi connectivity index (χ2n) is 4.71. The van der Waals surface area contributed by atoms with Crippen LogP contribution in [0.4, 0.5) is 0 Å². The average Bonchev–Trinajstić information content (AvgIpc) is 2.99. The average molecular weight is 287 g/mol. The highest BCUT2D eigenvalue weighted by Crippen LogP contribution is 2.26. The molecule has 2 aromatic heterocycles. The van der Waals surface area contributed by atoms with Gasteiger partial charge in [-0.05, 0) is 37.1 Å². The Morgan fingerprint density at radius 3 is 2.75 bits per heavy atom. The van der Waals surface area contributed by atoms with Gasteiger partial charge in [-0.3, -0.25) is 4.79 Å². The molecule has 102 valence electrons. The van der Waals surface area contributed by atoms with Gasteiger partial charge in [0.2, 0.25) is 0 Å². The first-order valence-corrected chi connectivity index (χ1v) is 7.08. The van der Waals surface area contributed by atoms with Crippen LogP contribution in [-0.2, 0) is 11.3 Å². The molecule has 3 aromatic rings. The third-order valence-corrected chi connectivity index (χ3v) is 3.90. The van der Waals surface area contributed by atoms with E-state index in [0.29, 0.717) is 11.5 Å². The van der Waals surface area contributed by atoms with Crippen molar-refractivity contribution in [3.05, 3.63) is 34.2 Å². The fourth-order valence-electron chi connectivity index (χ4n) is 2.19. The summed E-state index contributed by atoms with van der Waals surface area (Å²) >= 11 is 1.47. The number of benzene rings is 1. The zero-order chi connectivity index (χ0) is 14.3. The number of aliphatic carboxylic acids is 1. The molecule has 5 nitrogen and oxygen atoms in total. The number of carboxylic acid groups (broad SMARTS) is 1. The van der Waals surface area contributed by atoms with E-state index in [-0.39, 0.29) is 6.54 Å². The van der Waals surface area contributed by atoms with Gasteiger partial charge in [-0.25, -0.2) is 9.97 Å². The Bertz CT molecular complexity index is 790. The van der Waals surface area contributed by atoms with Crippen LogP contribution < -0.4 is 0 Å². The molecule has 1 aromatic carbocycles. The fraction of sp³-hybridized carbons (Fsp3) is 0.214. The van der Waals surface area contributed by atoms with E-state index in [4.69, 9.17) is 5.11 Å². The van der Waals surface area contributed by atoms with Crippen LogP contribution in [0, 0.1) is 13.8 Å². The lowest BCUT2D eigenvalue weighted by molar-refractivity contribution is -0.137. The van der Waals surface area contributed by atoms with E-state index >= 15 is 0 Å². The minimum Gasteiger partial charge on any atom is -0.480 e. The van der Waals surface area contributed by atoms with E-state index in [1.165, 1.54) is 11.3 Å². The lowest BCUT2D eigenvalue weighted by Gasteiger charge is -2.05. The molecule has 20 heavy (non-hydrogen) atoms. The maximum atomic E-state index is 11.1. The molecule has 0 spiro atoms. The first-order chi connectivity index (χ1) is 9.56. The Kier molecular flexibility index (Phi) is 3.02. The number of rotatable bonds is 3. The Balaban J connectivity index is 2.30. The predicted octanol–water partition coefficient (Wildman–Crippen LogP) is 2.86. The van der Waals surface area contributed by atoms with Crippen LogP contribution in [0.15, 0.2) is 23.0 Å². The normalized spacial score (nSPS) is 11.1. The molecule has 6 heteroatoms. The summed E-state index contributed by atoms with van der Waals surface area (Å²) in [6.45, 7) is 3.91. The van der Waals surface area contributed by atoms with Crippen molar-refractivity contribution < 1.29 is 9.90 Å². The highest BCUT2D eigenvalue weighted by molar-refractivity contribution is 7.07. The van der Waals surface area contributed by atoms with Crippen molar-refractivity contribution in [1.29, 1.82) is 0 Å². The zero-order valence-corrected chi connectivity index (χ0v) is 11.9. The maximum absolute atomic E-state index is 11.1. The Labute approximate surface area is 119 Å². The monoisotopic (exact) mass is 287 g/mol. The second-order valence-corrected chi connectivity index (χ2v) is 5.43. The molecule has 2 heterocycles. The number of carbonyl (C=O) groups is 1. The lowest BCUT2D eigenvalue weighted by Crippen LogP contribution is -2.10. The van der Waals surface area contributed by atoms with Gasteiger partial charge in [0.15, 0.2) is 5.82 Å². The van der Waals surface area contributed by atoms with E-state index in [1.54, 1.807) is 10.1 Å². The number of fused-ring (bicyclic) bond motifs is 1. The third-order valence-electron chi connectivity index (χ3n) is 3.32. The van der Waals surface area contributed by atoms with Crippen molar-refractivity contribution in [3.63, 3.8) is 0 Å². The second kappa shape index (κ2) is 4.72. The summed E-state index contributed by atoms with van der Waals surface area (Å²) in [5, 5.41) is 11.0. The molecule has 0 saturated carbocycles. The van der Waals surface area contributed by atoms with Gasteiger partial charge in [-0.15, -0.1) is 11.3 Å². The Morgan fingerprint density at radius 2 is 2.10 bits per heavy atom.